The molecule has 0 aliphatic rings. The van der Waals surface area contributed by atoms with E-state index >= 15 is 0 Å². The second-order valence-electron chi connectivity index (χ2n) is 4.05. The van der Waals surface area contributed by atoms with E-state index in [0.717, 1.165) is 29.7 Å². The molecule has 0 bridgehead atoms. The van der Waals surface area contributed by atoms with Gasteiger partial charge in [0.05, 0.1) is 24.0 Å². The van der Waals surface area contributed by atoms with Crippen LogP contribution in [0.4, 0.5) is 0 Å². The molecule has 0 aromatic heterocycles. The molecular formula is C14H19NO4S. The van der Waals surface area contributed by atoms with Crippen LogP contribution >= 0.6 is 11.8 Å². The summed E-state index contributed by atoms with van der Waals surface area (Å²) in [5, 5.41) is 10.4. The first-order valence-corrected chi connectivity index (χ1v) is 7.31. The third-order valence-electron chi connectivity index (χ3n) is 2.65. The molecule has 0 heterocycles. The van der Waals surface area contributed by atoms with Crippen molar-refractivity contribution in [1.82, 2.24) is 0 Å². The number of methoxy groups -OCH3 is 2. The number of benzene rings is 1. The van der Waals surface area contributed by atoms with E-state index in [2.05, 4.69) is 6.92 Å². The minimum absolute atomic E-state index is 0.504. The van der Waals surface area contributed by atoms with Crippen LogP contribution in [0.3, 0.4) is 0 Å². The first-order valence-electron chi connectivity index (χ1n) is 6.32. The van der Waals surface area contributed by atoms with Crippen LogP contribution in [-0.4, -0.2) is 24.9 Å². The summed E-state index contributed by atoms with van der Waals surface area (Å²) in [4.78, 5) is 10.9. The summed E-state index contributed by atoms with van der Waals surface area (Å²) in [5.41, 5.74) is 0.626. The highest BCUT2D eigenvalue weighted by molar-refractivity contribution is 7.99. The van der Waals surface area contributed by atoms with Gasteiger partial charge in [-0.25, -0.2) is 0 Å². The number of hydrogen-bond acceptors (Lipinski definition) is 5. The van der Waals surface area contributed by atoms with Crippen molar-refractivity contribution in [3.8, 4) is 11.5 Å². The van der Waals surface area contributed by atoms with Crippen molar-refractivity contribution < 1.29 is 14.4 Å². The molecule has 0 saturated heterocycles. The van der Waals surface area contributed by atoms with Gasteiger partial charge in [-0.2, -0.15) is 0 Å². The molecule has 0 saturated carbocycles. The Morgan fingerprint density at radius 3 is 2.55 bits per heavy atom. The van der Waals surface area contributed by atoms with Crippen LogP contribution < -0.4 is 9.47 Å². The summed E-state index contributed by atoms with van der Waals surface area (Å²) in [5.74, 6) is 2.30. The van der Waals surface area contributed by atoms with E-state index in [0.29, 0.717) is 17.1 Å². The van der Waals surface area contributed by atoms with E-state index in [1.54, 1.807) is 32.0 Å². The third-order valence-corrected chi connectivity index (χ3v) is 3.77. The molecule has 1 aromatic carbocycles. The van der Waals surface area contributed by atoms with Crippen LogP contribution in [0.15, 0.2) is 23.2 Å². The van der Waals surface area contributed by atoms with E-state index < -0.39 is 4.92 Å². The van der Waals surface area contributed by atoms with Crippen LogP contribution in [-0.2, 0) is 0 Å². The Labute approximate surface area is 123 Å². The quantitative estimate of drug-likeness (QED) is 0.316. The second kappa shape index (κ2) is 8.47. The molecule has 0 fully saturated rings. The van der Waals surface area contributed by atoms with Crippen LogP contribution in [0.5, 0.6) is 11.5 Å². The fourth-order valence-electron chi connectivity index (χ4n) is 1.60. The van der Waals surface area contributed by atoms with E-state index in [-0.39, 0.29) is 0 Å². The van der Waals surface area contributed by atoms with Crippen molar-refractivity contribution in [3.63, 3.8) is 0 Å². The fourth-order valence-corrected chi connectivity index (χ4v) is 2.73. The normalized spacial score (nSPS) is 10.8. The van der Waals surface area contributed by atoms with Crippen LogP contribution in [0, 0.1) is 10.1 Å². The monoisotopic (exact) mass is 297 g/mol. The molecule has 0 aliphatic carbocycles. The zero-order chi connectivity index (χ0) is 15.0. The summed E-state index contributed by atoms with van der Waals surface area (Å²) in [6, 6.07) is 3.62. The van der Waals surface area contributed by atoms with Gasteiger partial charge in [0, 0.05) is 11.6 Å². The molecule has 0 amide bonds. The Kier molecular flexibility index (Phi) is 6.93. The zero-order valence-electron chi connectivity index (χ0n) is 11.9. The second-order valence-corrected chi connectivity index (χ2v) is 5.18. The average molecular weight is 297 g/mol. The van der Waals surface area contributed by atoms with Gasteiger partial charge in [-0.1, -0.05) is 13.3 Å². The van der Waals surface area contributed by atoms with Crippen molar-refractivity contribution >= 4 is 17.8 Å². The molecule has 0 unspecified atom stereocenters. The SMILES string of the molecule is CCCCSc1cc(OC)c(/C=C/[N+](=O)[O-])cc1OC. The third kappa shape index (κ3) is 4.77. The van der Waals surface area contributed by atoms with Gasteiger partial charge in [-0.15, -0.1) is 11.8 Å². The number of hydrogen-bond donors (Lipinski definition) is 0. The number of ether oxygens (including phenoxy) is 2. The predicted molar refractivity (Wildman–Crippen MR) is 81.2 cm³/mol. The average Bonchev–Trinajstić information content (AvgIpc) is 2.45. The van der Waals surface area contributed by atoms with E-state index in [1.807, 2.05) is 6.07 Å². The highest BCUT2D eigenvalue weighted by Crippen LogP contribution is 2.36. The van der Waals surface area contributed by atoms with Crippen molar-refractivity contribution in [3.05, 3.63) is 34.0 Å². The van der Waals surface area contributed by atoms with Crippen molar-refractivity contribution in [2.75, 3.05) is 20.0 Å². The van der Waals surface area contributed by atoms with Gasteiger partial charge < -0.3 is 9.47 Å². The molecular weight excluding hydrogens is 278 g/mol. The lowest BCUT2D eigenvalue weighted by Crippen LogP contribution is -1.94. The molecule has 6 heteroatoms. The van der Waals surface area contributed by atoms with Gasteiger partial charge in [0.2, 0.25) is 6.20 Å². The first-order chi connectivity index (χ1) is 9.62. The van der Waals surface area contributed by atoms with Gasteiger partial charge in [-0.05, 0) is 24.3 Å². The van der Waals surface area contributed by atoms with Gasteiger partial charge in [0.15, 0.2) is 0 Å². The van der Waals surface area contributed by atoms with Crippen molar-refractivity contribution in [2.45, 2.75) is 24.7 Å². The number of thioether (sulfide) groups is 1. The van der Waals surface area contributed by atoms with Crippen LogP contribution in [0.25, 0.3) is 6.08 Å². The van der Waals surface area contributed by atoms with Crippen molar-refractivity contribution in [2.24, 2.45) is 0 Å². The number of nitro groups is 1. The molecule has 1 aromatic rings. The topological polar surface area (TPSA) is 61.6 Å². The highest BCUT2D eigenvalue weighted by Gasteiger charge is 2.10. The van der Waals surface area contributed by atoms with Crippen molar-refractivity contribution in [1.29, 1.82) is 0 Å². The summed E-state index contributed by atoms with van der Waals surface area (Å²) in [7, 11) is 3.14. The molecule has 0 spiro atoms. The molecule has 0 aliphatic heterocycles. The summed E-state index contributed by atoms with van der Waals surface area (Å²) in [6.45, 7) is 2.14. The summed E-state index contributed by atoms with van der Waals surface area (Å²) < 4.78 is 10.6. The van der Waals surface area contributed by atoms with E-state index in [1.165, 1.54) is 6.08 Å². The maximum Gasteiger partial charge on any atom is 0.235 e. The maximum absolute atomic E-state index is 10.4. The minimum atomic E-state index is -0.504. The Hall–Kier alpha value is -1.69. The molecule has 5 nitrogen and oxygen atoms in total. The molecule has 1 rings (SSSR count). The largest absolute Gasteiger partial charge is 0.496 e. The number of nitrogens with zero attached hydrogens (tertiary/aromatic N) is 1. The number of unbranched alkanes of at least 4 members (excludes halogenated alkanes) is 1. The number of rotatable bonds is 8. The molecule has 0 radical (unpaired) electrons. The molecule has 0 atom stereocenters. The Bertz CT molecular complexity index is 488. The zero-order valence-corrected chi connectivity index (χ0v) is 12.7. The van der Waals surface area contributed by atoms with Gasteiger partial charge in [0.25, 0.3) is 0 Å². The van der Waals surface area contributed by atoms with Gasteiger partial charge in [0.1, 0.15) is 11.5 Å². The lowest BCUT2D eigenvalue weighted by molar-refractivity contribution is -0.400. The Morgan fingerprint density at radius 1 is 1.30 bits per heavy atom. The molecule has 0 N–H and O–H groups in total. The first kappa shape index (κ1) is 16.4. The maximum atomic E-state index is 10.4. The Balaban J connectivity index is 3.06. The highest BCUT2D eigenvalue weighted by atomic mass is 32.2. The van der Waals surface area contributed by atoms with E-state index in [9.17, 15) is 10.1 Å². The molecule has 110 valence electrons. The smallest absolute Gasteiger partial charge is 0.235 e. The van der Waals surface area contributed by atoms with E-state index in [4.69, 9.17) is 9.47 Å². The predicted octanol–water partition coefficient (Wildman–Crippen LogP) is 3.84. The summed E-state index contributed by atoms with van der Waals surface area (Å²) in [6.07, 6.45) is 4.55. The lowest BCUT2D eigenvalue weighted by Gasteiger charge is -2.12. The van der Waals surface area contributed by atoms with Gasteiger partial charge >= 0.3 is 0 Å². The lowest BCUT2D eigenvalue weighted by atomic mass is 10.2. The minimum Gasteiger partial charge on any atom is -0.496 e. The molecule has 20 heavy (non-hydrogen) atoms. The standard InChI is InChI=1S/C14H19NO4S/c1-4-5-8-20-14-10-12(18-2)11(6-7-15(16)17)9-13(14)19-3/h6-7,9-10H,4-5,8H2,1-3H3/b7-6+. The van der Waals surface area contributed by atoms with Gasteiger partial charge in [-0.3, -0.25) is 10.1 Å². The fraction of sp³-hybridized carbons (Fsp3) is 0.429. The summed E-state index contributed by atoms with van der Waals surface area (Å²) >= 11 is 1.70. The van der Waals surface area contributed by atoms with Crippen LogP contribution in [0.2, 0.25) is 0 Å². The van der Waals surface area contributed by atoms with Crippen LogP contribution in [0.1, 0.15) is 25.3 Å². The Morgan fingerprint density at radius 2 is 2.00 bits per heavy atom.